The summed E-state index contributed by atoms with van der Waals surface area (Å²) in [6, 6.07) is 91.2. The van der Waals surface area contributed by atoms with Crippen molar-refractivity contribution in [3.05, 3.63) is 255 Å². The minimum absolute atomic E-state index is 0.817. The summed E-state index contributed by atoms with van der Waals surface area (Å²) < 4.78 is 7.20. The highest BCUT2D eigenvalue weighted by Crippen LogP contribution is 2.54. The van der Waals surface area contributed by atoms with Crippen molar-refractivity contribution >= 4 is 55.7 Å². The summed E-state index contributed by atoms with van der Waals surface area (Å²) >= 11 is 0. The third-order valence-corrected chi connectivity index (χ3v) is 12.6. The van der Waals surface area contributed by atoms with E-state index in [2.05, 4.69) is 265 Å². The first-order valence-electron chi connectivity index (χ1n) is 22.2. The third-order valence-electron chi connectivity index (χ3n) is 12.6. The van der Waals surface area contributed by atoms with Gasteiger partial charge in [0.05, 0.1) is 5.69 Å². The van der Waals surface area contributed by atoms with Crippen LogP contribution in [0.4, 0.5) is 34.1 Å². The second-order valence-electron chi connectivity index (χ2n) is 16.5. The van der Waals surface area contributed by atoms with Gasteiger partial charge in [-0.2, -0.15) is 0 Å². The van der Waals surface area contributed by atoms with Crippen LogP contribution in [0.25, 0.3) is 66.1 Å². The molecule has 306 valence electrons. The van der Waals surface area contributed by atoms with E-state index in [-0.39, 0.29) is 0 Å². The second kappa shape index (κ2) is 16.2. The van der Waals surface area contributed by atoms with Crippen LogP contribution < -0.4 is 14.5 Å². The molecule has 0 saturated heterocycles. The smallest absolute Gasteiger partial charge is 0.159 e. The number of nitrogens with zero attached hydrogens (tertiary/aromatic N) is 2. The molecule has 0 saturated carbocycles. The van der Waals surface area contributed by atoms with Crippen molar-refractivity contribution in [2.45, 2.75) is 0 Å². The molecule has 0 aromatic heterocycles. The van der Waals surface area contributed by atoms with Gasteiger partial charge in [0.15, 0.2) is 5.75 Å². The molecule has 0 bridgehead atoms. The fourth-order valence-corrected chi connectivity index (χ4v) is 9.40. The summed E-state index contributed by atoms with van der Waals surface area (Å²) in [4.78, 5) is 4.68. The van der Waals surface area contributed by atoms with Crippen molar-refractivity contribution in [3.63, 3.8) is 0 Å². The van der Waals surface area contributed by atoms with Crippen LogP contribution in [0.2, 0.25) is 0 Å². The maximum Gasteiger partial charge on any atom is 0.159 e. The Labute approximate surface area is 379 Å². The van der Waals surface area contributed by atoms with Crippen LogP contribution in [0.1, 0.15) is 0 Å². The molecule has 1 aliphatic heterocycles. The molecule has 1 heterocycles. The first-order chi connectivity index (χ1) is 32.2. The molecule has 0 spiro atoms. The van der Waals surface area contributed by atoms with Crippen molar-refractivity contribution in [1.82, 2.24) is 0 Å². The molecule has 0 aliphatic carbocycles. The third kappa shape index (κ3) is 7.06. The molecule has 0 N–H and O–H groups in total. The zero-order chi connectivity index (χ0) is 43.1. The lowest BCUT2D eigenvalue weighted by molar-refractivity contribution is 0.488. The average Bonchev–Trinajstić information content (AvgIpc) is 3.38. The van der Waals surface area contributed by atoms with Gasteiger partial charge in [-0.25, -0.2) is 0 Å². The van der Waals surface area contributed by atoms with E-state index in [1.54, 1.807) is 0 Å². The van der Waals surface area contributed by atoms with Crippen LogP contribution in [-0.2, 0) is 0 Å². The van der Waals surface area contributed by atoms with Crippen molar-refractivity contribution < 1.29 is 4.74 Å². The molecule has 12 rings (SSSR count). The number of hydrogen-bond acceptors (Lipinski definition) is 3. The fourth-order valence-electron chi connectivity index (χ4n) is 9.40. The van der Waals surface area contributed by atoms with Crippen molar-refractivity contribution in [1.29, 1.82) is 0 Å². The van der Waals surface area contributed by atoms with Crippen LogP contribution in [0.5, 0.6) is 11.5 Å². The molecule has 0 unspecified atom stereocenters. The maximum atomic E-state index is 7.20. The number of anilines is 6. The quantitative estimate of drug-likeness (QED) is 0.144. The Morgan fingerprint density at radius 3 is 1.26 bits per heavy atom. The molecule has 3 nitrogen and oxygen atoms in total. The minimum Gasteiger partial charge on any atom is -0.454 e. The lowest BCUT2D eigenvalue weighted by Crippen LogP contribution is -2.13. The van der Waals surface area contributed by atoms with E-state index in [9.17, 15) is 0 Å². The standard InChI is InChI=1S/C62H42N2O/c1-4-13-43(14-5-1)47-23-31-52(32-24-47)63(53-33-25-48(26-34-53)44-15-6-2-7-16-44)56-38-40-60-58(42-56)57-22-12-21-50-30-39-59(62(65-60)61(50)57)64(55-37-29-46-19-10-11-20-51(46)41-55)54-35-27-49(28-36-54)45-17-8-3-9-18-45/h1-42H. The van der Waals surface area contributed by atoms with E-state index in [0.29, 0.717) is 0 Å². The van der Waals surface area contributed by atoms with Gasteiger partial charge >= 0.3 is 0 Å². The number of rotatable bonds is 9. The van der Waals surface area contributed by atoms with Crippen LogP contribution in [0.15, 0.2) is 255 Å². The van der Waals surface area contributed by atoms with Gasteiger partial charge in [-0.3, -0.25) is 0 Å². The monoisotopic (exact) mass is 830 g/mol. The normalized spacial score (nSPS) is 11.5. The molecule has 3 heteroatoms. The molecular formula is C62H42N2O. The predicted octanol–water partition coefficient (Wildman–Crippen LogP) is 17.7. The van der Waals surface area contributed by atoms with Gasteiger partial charge in [-0.15, -0.1) is 0 Å². The lowest BCUT2D eigenvalue weighted by Gasteiger charge is -2.32. The van der Waals surface area contributed by atoms with E-state index >= 15 is 0 Å². The van der Waals surface area contributed by atoms with Gasteiger partial charge in [-0.05, 0) is 128 Å². The Kier molecular flexibility index (Phi) is 9.50. The fraction of sp³-hybridized carbons (Fsp3) is 0. The van der Waals surface area contributed by atoms with E-state index in [1.165, 1.54) is 44.2 Å². The first-order valence-corrected chi connectivity index (χ1v) is 22.2. The molecule has 0 fully saturated rings. The molecule has 11 aromatic carbocycles. The van der Waals surface area contributed by atoms with Gasteiger partial charge in [0.2, 0.25) is 0 Å². The SMILES string of the molecule is c1ccc(-c2ccc(N(c3ccc(-c4ccccc4)cc3)c3ccc4c(c3)-c3cccc5ccc(N(c6ccc(-c7ccccc7)cc6)c6ccc7ccccc7c6)c(c35)O4)cc2)cc1. The van der Waals surface area contributed by atoms with Crippen LogP contribution >= 0.6 is 0 Å². The molecule has 65 heavy (non-hydrogen) atoms. The first kappa shape index (κ1) is 38.0. The highest BCUT2D eigenvalue weighted by atomic mass is 16.5. The highest BCUT2D eigenvalue weighted by Gasteiger charge is 2.28. The Hall–Kier alpha value is -8.66. The summed E-state index contributed by atoms with van der Waals surface area (Å²) in [5.74, 6) is 1.65. The van der Waals surface area contributed by atoms with Crippen LogP contribution in [-0.4, -0.2) is 0 Å². The predicted molar refractivity (Wildman–Crippen MR) is 273 cm³/mol. The number of hydrogen-bond donors (Lipinski definition) is 0. The summed E-state index contributed by atoms with van der Waals surface area (Å²) in [5, 5.41) is 4.60. The molecule has 0 atom stereocenters. The van der Waals surface area contributed by atoms with Crippen molar-refractivity contribution in [3.8, 4) is 56.0 Å². The van der Waals surface area contributed by atoms with Gasteiger partial charge < -0.3 is 14.5 Å². The average molecular weight is 831 g/mol. The second-order valence-corrected chi connectivity index (χ2v) is 16.5. The van der Waals surface area contributed by atoms with E-state index in [4.69, 9.17) is 4.74 Å². The largest absolute Gasteiger partial charge is 0.454 e. The van der Waals surface area contributed by atoms with Gasteiger partial charge in [-0.1, -0.05) is 182 Å². The van der Waals surface area contributed by atoms with Gasteiger partial charge in [0.25, 0.3) is 0 Å². The molecule has 0 amide bonds. The highest BCUT2D eigenvalue weighted by molar-refractivity contribution is 6.09. The van der Waals surface area contributed by atoms with E-state index in [1.807, 2.05) is 0 Å². The summed E-state index contributed by atoms with van der Waals surface area (Å²) in [6.45, 7) is 0. The van der Waals surface area contributed by atoms with Gasteiger partial charge in [0.1, 0.15) is 5.75 Å². The zero-order valence-corrected chi connectivity index (χ0v) is 35.6. The summed E-state index contributed by atoms with van der Waals surface area (Å²) in [7, 11) is 0. The Morgan fingerprint density at radius 2 is 0.692 bits per heavy atom. The van der Waals surface area contributed by atoms with E-state index in [0.717, 1.165) is 67.5 Å². The Bertz CT molecular complexity index is 3390. The van der Waals surface area contributed by atoms with Crippen molar-refractivity contribution in [2.75, 3.05) is 9.80 Å². The minimum atomic E-state index is 0.817. The molecule has 1 aliphatic rings. The zero-order valence-electron chi connectivity index (χ0n) is 35.6. The number of fused-ring (bicyclic) bond motifs is 3. The molecule has 0 radical (unpaired) electrons. The summed E-state index contributed by atoms with van der Waals surface area (Å²) in [5.41, 5.74) is 15.5. The maximum absolute atomic E-state index is 7.20. The van der Waals surface area contributed by atoms with E-state index < -0.39 is 0 Å². The molecular weight excluding hydrogens is 789 g/mol. The topological polar surface area (TPSA) is 15.7 Å². The van der Waals surface area contributed by atoms with Crippen LogP contribution in [0, 0.1) is 0 Å². The number of ether oxygens (including phenoxy) is 1. The van der Waals surface area contributed by atoms with Crippen LogP contribution in [0.3, 0.4) is 0 Å². The Balaban J connectivity index is 0.992. The lowest BCUT2D eigenvalue weighted by atomic mass is 9.93. The molecule has 11 aromatic rings. The summed E-state index contributed by atoms with van der Waals surface area (Å²) in [6.07, 6.45) is 0. The van der Waals surface area contributed by atoms with Crippen molar-refractivity contribution in [2.24, 2.45) is 0 Å². The van der Waals surface area contributed by atoms with Gasteiger partial charge in [0, 0.05) is 39.4 Å². The Morgan fingerprint density at radius 1 is 0.262 bits per heavy atom. The number of benzene rings is 11.